The fraction of sp³-hybridized carbons (Fsp3) is 0.200. The standard InChI is InChI=1S/C25H22O4/c1-15-12-17(3)20(13-16(15)2)21(26)14-28-25(27)24-18-8-4-6-10-22(18)29-23-11-7-5-9-19(23)24/h4-13,24H,14H2,1-3H3. The number of carbonyl (C=O) groups is 2. The maximum absolute atomic E-state index is 13.0. The maximum Gasteiger partial charge on any atom is 0.318 e. The molecule has 0 aliphatic carbocycles. The molecule has 0 spiro atoms. The molecule has 1 aliphatic heterocycles. The van der Waals surface area contributed by atoms with E-state index in [1.807, 2.05) is 81.4 Å². The number of ketones is 1. The van der Waals surface area contributed by atoms with Crippen molar-refractivity contribution in [1.29, 1.82) is 0 Å². The molecule has 0 saturated heterocycles. The molecule has 0 N–H and O–H groups in total. The van der Waals surface area contributed by atoms with E-state index in [0.29, 0.717) is 17.1 Å². The third-order valence-corrected chi connectivity index (χ3v) is 5.40. The molecule has 3 aromatic rings. The summed E-state index contributed by atoms with van der Waals surface area (Å²) in [5, 5.41) is 0. The molecule has 29 heavy (non-hydrogen) atoms. The Morgan fingerprint density at radius 2 is 1.38 bits per heavy atom. The van der Waals surface area contributed by atoms with Crippen LogP contribution in [-0.4, -0.2) is 18.4 Å². The minimum atomic E-state index is -0.621. The molecule has 1 heterocycles. The lowest BCUT2D eigenvalue weighted by atomic mass is 9.88. The maximum atomic E-state index is 13.0. The number of fused-ring (bicyclic) bond motifs is 2. The van der Waals surface area contributed by atoms with Gasteiger partial charge in [-0.3, -0.25) is 9.59 Å². The number of Topliss-reactive ketones (excluding diaryl/α,β-unsaturated/α-hetero) is 1. The molecule has 0 atom stereocenters. The molecule has 0 bridgehead atoms. The fourth-order valence-corrected chi connectivity index (χ4v) is 3.72. The Hall–Kier alpha value is -3.40. The summed E-state index contributed by atoms with van der Waals surface area (Å²) in [5.74, 6) is -0.0191. The van der Waals surface area contributed by atoms with Gasteiger partial charge in [0, 0.05) is 16.7 Å². The van der Waals surface area contributed by atoms with Crippen LogP contribution in [0.25, 0.3) is 0 Å². The smallest absolute Gasteiger partial charge is 0.318 e. The first kappa shape index (κ1) is 18.9. The predicted molar refractivity (Wildman–Crippen MR) is 111 cm³/mol. The van der Waals surface area contributed by atoms with Crippen molar-refractivity contribution in [2.24, 2.45) is 0 Å². The second kappa shape index (κ2) is 7.55. The summed E-state index contributed by atoms with van der Waals surface area (Å²) in [7, 11) is 0. The summed E-state index contributed by atoms with van der Waals surface area (Å²) in [5.41, 5.74) is 5.13. The molecule has 3 aromatic carbocycles. The van der Waals surface area contributed by atoms with Crippen LogP contribution in [0.4, 0.5) is 0 Å². The summed E-state index contributed by atoms with van der Waals surface area (Å²) in [6, 6.07) is 18.7. The molecule has 146 valence electrons. The highest BCUT2D eigenvalue weighted by atomic mass is 16.5. The molecule has 0 aromatic heterocycles. The van der Waals surface area contributed by atoms with E-state index in [2.05, 4.69) is 0 Å². The normalized spacial score (nSPS) is 12.5. The van der Waals surface area contributed by atoms with Crippen molar-refractivity contribution < 1.29 is 19.1 Å². The van der Waals surface area contributed by atoms with Gasteiger partial charge in [-0.2, -0.15) is 0 Å². The van der Waals surface area contributed by atoms with Crippen LogP contribution in [0, 0.1) is 20.8 Å². The van der Waals surface area contributed by atoms with Gasteiger partial charge in [0.05, 0.1) is 0 Å². The van der Waals surface area contributed by atoms with Gasteiger partial charge in [-0.15, -0.1) is 0 Å². The van der Waals surface area contributed by atoms with Crippen LogP contribution in [0.3, 0.4) is 0 Å². The lowest BCUT2D eigenvalue weighted by molar-refractivity contribution is -0.143. The second-order valence-corrected chi connectivity index (χ2v) is 7.39. The number of hydrogen-bond donors (Lipinski definition) is 0. The molecule has 4 nitrogen and oxygen atoms in total. The van der Waals surface area contributed by atoms with Gasteiger partial charge in [0.1, 0.15) is 17.4 Å². The number of carbonyl (C=O) groups excluding carboxylic acids is 2. The Morgan fingerprint density at radius 1 is 0.828 bits per heavy atom. The third kappa shape index (κ3) is 3.54. The van der Waals surface area contributed by atoms with Crippen molar-refractivity contribution in [3.63, 3.8) is 0 Å². The highest BCUT2D eigenvalue weighted by Crippen LogP contribution is 2.44. The van der Waals surface area contributed by atoms with Gasteiger partial charge in [-0.1, -0.05) is 42.5 Å². The van der Waals surface area contributed by atoms with Crippen LogP contribution in [0.15, 0.2) is 60.7 Å². The van der Waals surface area contributed by atoms with Crippen LogP contribution in [0.2, 0.25) is 0 Å². The first-order chi connectivity index (χ1) is 14.0. The van der Waals surface area contributed by atoms with Gasteiger partial charge < -0.3 is 9.47 Å². The van der Waals surface area contributed by atoms with E-state index in [1.54, 1.807) is 0 Å². The highest BCUT2D eigenvalue weighted by molar-refractivity contribution is 6.00. The van der Waals surface area contributed by atoms with E-state index in [4.69, 9.17) is 9.47 Å². The Bertz CT molecular complexity index is 1070. The molecule has 0 radical (unpaired) electrons. The van der Waals surface area contributed by atoms with Crippen molar-refractivity contribution >= 4 is 11.8 Å². The van der Waals surface area contributed by atoms with Gasteiger partial charge in [-0.25, -0.2) is 0 Å². The molecule has 0 saturated carbocycles. The average molecular weight is 386 g/mol. The Balaban J connectivity index is 1.58. The summed E-state index contributed by atoms with van der Waals surface area (Å²) in [4.78, 5) is 25.7. The molecule has 1 aliphatic rings. The predicted octanol–water partition coefficient (Wildman–Crippen LogP) is 5.28. The summed E-state index contributed by atoms with van der Waals surface area (Å²) >= 11 is 0. The van der Waals surface area contributed by atoms with Crippen LogP contribution in [0.5, 0.6) is 11.5 Å². The number of aryl methyl sites for hydroxylation is 3. The molecule has 4 rings (SSSR count). The molecular weight excluding hydrogens is 364 g/mol. The molecule has 0 unspecified atom stereocenters. The second-order valence-electron chi connectivity index (χ2n) is 7.39. The zero-order valence-electron chi connectivity index (χ0n) is 16.7. The summed E-state index contributed by atoms with van der Waals surface area (Å²) in [6.45, 7) is 5.58. The van der Waals surface area contributed by atoms with Gasteiger partial charge in [0.15, 0.2) is 6.61 Å². The fourth-order valence-electron chi connectivity index (χ4n) is 3.72. The highest BCUT2D eigenvalue weighted by Gasteiger charge is 2.34. The van der Waals surface area contributed by atoms with Crippen LogP contribution >= 0.6 is 0 Å². The van der Waals surface area contributed by atoms with Gasteiger partial charge in [0.25, 0.3) is 0 Å². The van der Waals surface area contributed by atoms with E-state index in [9.17, 15) is 9.59 Å². The SMILES string of the molecule is Cc1cc(C)c(C(=O)COC(=O)C2c3ccccc3Oc3ccccc32)cc1C. The lowest BCUT2D eigenvalue weighted by Crippen LogP contribution is -2.24. The number of hydrogen-bond acceptors (Lipinski definition) is 4. The largest absolute Gasteiger partial charge is 0.457 e. The van der Waals surface area contributed by atoms with Gasteiger partial charge >= 0.3 is 5.97 Å². The van der Waals surface area contributed by atoms with Crippen LogP contribution in [-0.2, 0) is 9.53 Å². The van der Waals surface area contributed by atoms with Crippen molar-refractivity contribution in [2.75, 3.05) is 6.61 Å². The van der Waals surface area contributed by atoms with E-state index in [-0.39, 0.29) is 12.4 Å². The van der Waals surface area contributed by atoms with Crippen LogP contribution < -0.4 is 4.74 Å². The first-order valence-electron chi connectivity index (χ1n) is 9.59. The molecule has 0 fully saturated rings. The van der Waals surface area contributed by atoms with Crippen LogP contribution in [0.1, 0.15) is 44.1 Å². The first-order valence-corrected chi connectivity index (χ1v) is 9.59. The summed E-state index contributed by atoms with van der Waals surface area (Å²) < 4.78 is 11.4. The van der Waals surface area contributed by atoms with E-state index >= 15 is 0 Å². The quantitative estimate of drug-likeness (QED) is 0.452. The molecule has 4 heteroatoms. The van der Waals surface area contributed by atoms with Gasteiger partial charge in [0.2, 0.25) is 5.78 Å². The topological polar surface area (TPSA) is 52.6 Å². The number of benzene rings is 3. The van der Waals surface area contributed by atoms with Crippen molar-refractivity contribution in [1.82, 2.24) is 0 Å². The van der Waals surface area contributed by atoms with Crippen molar-refractivity contribution in [2.45, 2.75) is 26.7 Å². The Labute approximate surface area is 170 Å². The minimum absolute atomic E-state index is 0.201. The summed E-state index contributed by atoms with van der Waals surface area (Å²) in [6.07, 6.45) is 0. The van der Waals surface area contributed by atoms with E-state index in [0.717, 1.165) is 27.8 Å². The van der Waals surface area contributed by atoms with E-state index in [1.165, 1.54) is 0 Å². The van der Waals surface area contributed by atoms with E-state index < -0.39 is 11.9 Å². The van der Waals surface area contributed by atoms with Crippen molar-refractivity contribution in [3.8, 4) is 11.5 Å². The minimum Gasteiger partial charge on any atom is -0.457 e. The van der Waals surface area contributed by atoms with Gasteiger partial charge in [-0.05, 0) is 55.7 Å². The Kier molecular flexibility index (Phi) is 4.93. The number of para-hydroxylation sites is 2. The number of rotatable bonds is 4. The van der Waals surface area contributed by atoms with Crippen molar-refractivity contribution in [3.05, 3.63) is 94.0 Å². The number of esters is 1. The Morgan fingerprint density at radius 3 is 2.00 bits per heavy atom. The lowest BCUT2D eigenvalue weighted by Gasteiger charge is -2.26. The zero-order valence-corrected chi connectivity index (χ0v) is 16.7. The third-order valence-electron chi connectivity index (χ3n) is 5.40. The number of ether oxygens (including phenoxy) is 2. The molecule has 0 amide bonds. The monoisotopic (exact) mass is 386 g/mol. The molecular formula is C25H22O4. The zero-order chi connectivity index (χ0) is 20.5. The average Bonchev–Trinajstić information content (AvgIpc) is 2.72.